The first-order valence-electron chi connectivity index (χ1n) is 35.4. The summed E-state index contributed by atoms with van der Waals surface area (Å²) >= 11 is 5.05. The number of aromatic nitrogens is 16. The van der Waals surface area contributed by atoms with Crippen molar-refractivity contribution in [3.05, 3.63) is 124 Å². The molecule has 8 aromatic heterocycles. The molecule has 0 saturated carbocycles. The third-order valence-electron chi connectivity index (χ3n) is 13.4. The van der Waals surface area contributed by atoms with Crippen LogP contribution in [0.15, 0.2) is 112 Å². The lowest BCUT2D eigenvalue weighted by atomic mass is 10.2. The maximum atomic E-state index is 5.16. The monoisotopic (exact) mass is 1430 g/mol. The van der Waals surface area contributed by atoms with Gasteiger partial charge >= 0.3 is 0 Å². The number of H-pyrrole nitrogens is 1. The molecule has 2 fully saturated rings. The Morgan fingerprint density at radius 1 is 0.515 bits per heavy atom. The average molecular weight is 1430 g/mol. The first-order valence-corrected chi connectivity index (χ1v) is 38.0. The molecule has 24 nitrogen and oxygen atoms in total. The van der Waals surface area contributed by atoms with Crippen LogP contribution >= 0.6 is 34.0 Å². The van der Waals surface area contributed by atoms with E-state index >= 15 is 0 Å². The van der Waals surface area contributed by atoms with Crippen LogP contribution in [0.4, 0.5) is 0 Å². The maximum Gasteiger partial charge on any atom is 0.213 e. The van der Waals surface area contributed by atoms with Crippen LogP contribution in [0.5, 0.6) is 0 Å². The lowest BCUT2D eigenvalue weighted by Gasteiger charge is -2.30. The first-order chi connectivity index (χ1) is 47.1. The zero-order valence-electron chi connectivity index (χ0n) is 65.2. The van der Waals surface area contributed by atoms with Crippen molar-refractivity contribution < 1.29 is 9.26 Å². The van der Waals surface area contributed by atoms with Gasteiger partial charge in [-0.05, 0) is 105 Å². The summed E-state index contributed by atoms with van der Waals surface area (Å²) in [5.74, 6) is 7.45. The van der Waals surface area contributed by atoms with Crippen molar-refractivity contribution in [1.82, 2.24) is 100 Å². The van der Waals surface area contributed by atoms with Crippen molar-refractivity contribution in [2.75, 3.05) is 65.5 Å². The van der Waals surface area contributed by atoms with Crippen molar-refractivity contribution in [2.24, 2.45) is 27.7 Å². The second-order valence-electron chi connectivity index (χ2n) is 27.0. The summed E-state index contributed by atoms with van der Waals surface area (Å²) in [4.78, 5) is 44.8. The quantitative estimate of drug-likeness (QED) is 0.109. The number of ether oxygens (including phenoxy) is 1. The minimum Gasteiger partial charge on any atom is -0.479 e. The lowest BCUT2D eigenvalue weighted by Crippen LogP contribution is -2.46. The number of imidazole rings is 1. The predicted octanol–water partition coefficient (Wildman–Crippen LogP) is 16.3. The standard InChI is InChI=1S/C7H16N2.C7H15N.C6H10N2.C6H12N2.C6H11NO.2C6H9NS.2C5H9N3.C5H8N2O.C5H8N2S.C4H4N2.C4H10/c1-7(2)9-5-3-8-4-6-9;1-7(2)8-5-3-4-6-8;1-5(2)6-3-7-4-8-6;2*1-5(2)6-7-3-4-8-6;1-5(2)6-3-7-4-8-6;1-5(2)6-7-3-4-8-6;1-5(2)8-4-6-3-7-8;1-5(2)8-4-3-6-7-8;1-4(2)5-6-3-8-7-5;1-4(2)5-7-6-3-8-5;1-2-5-4-6-3-1;1-4(2)3/h7-8H,3-6H2,1-2H3;7H,3-6H2,1-2H3;3-5H,1-2H3,(H,7,8);5H,3-4H2,1-2H3,(H,7,8);5H,3-4H2,1-2H3;4*3-5H,1-2H3;2*3-4H,1-2H3;1-4H;4H,1-3H3. The van der Waals surface area contributed by atoms with Crippen LogP contribution in [0, 0.1) is 17.8 Å². The van der Waals surface area contributed by atoms with E-state index in [4.69, 9.17) is 4.74 Å². The fourth-order valence-electron chi connectivity index (χ4n) is 7.67. The fraction of sp³-hybridized carbons (Fsp3) is 0.681. The summed E-state index contributed by atoms with van der Waals surface area (Å²) in [7, 11) is 0. The van der Waals surface area contributed by atoms with Gasteiger partial charge in [0.05, 0.1) is 42.0 Å². The number of piperazine rings is 1. The molecule has 99 heavy (non-hydrogen) atoms. The minimum atomic E-state index is 0.369. The Labute approximate surface area is 608 Å². The van der Waals surface area contributed by atoms with E-state index in [0.29, 0.717) is 53.5 Å². The molecule has 4 aliphatic rings. The van der Waals surface area contributed by atoms with Gasteiger partial charge in [0.25, 0.3) is 0 Å². The fourth-order valence-corrected chi connectivity index (χ4v) is 9.53. The van der Waals surface area contributed by atoms with E-state index in [-0.39, 0.29) is 0 Å². The highest BCUT2D eigenvalue weighted by atomic mass is 32.1. The van der Waals surface area contributed by atoms with Crippen molar-refractivity contribution in [1.29, 1.82) is 0 Å². The summed E-state index contributed by atoms with van der Waals surface area (Å²) in [6, 6.07) is 4.14. The van der Waals surface area contributed by atoms with Gasteiger partial charge in [-0.2, -0.15) is 10.1 Å². The summed E-state index contributed by atoms with van der Waals surface area (Å²) in [6.07, 6.45) is 23.2. The lowest BCUT2D eigenvalue weighted by molar-refractivity contribution is 0.196. The summed E-state index contributed by atoms with van der Waals surface area (Å²) in [5.41, 5.74) is 4.83. The zero-order valence-corrected chi connectivity index (χ0v) is 67.6. The number of rotatable bonds is 11. The van der Waals surface area contributed by atoms with Gasteiger partial charge in [-0.1, -0.05) is 128 Å². The van der Waals surface area contributed by atoms with E-state index < -0.39 is 0 Å². The smallest absolute Gasteiger partial charge is 0.213 e. The molecule has 0 spiro atoms. The second kappa shape index (κ2) is 58.0. The topological polar surface area (TPSA) is 271 Å². The summed E-state index contributed by atoms with van der Waals surface area (Å²) in [5, 5.41) is 33.5. The van der Waals surface area contributed by atoms with Gasteiger partial charge in [0.1, 0.15) is 36.1 Å². The maximum absolute atomic E-state index is 5.16. The largest absolute Gasteiger partial charge is 0.479 e. The van der Waals surface area contributed by atoms with Crippen LogP contribution in [-0.4, -0.2) is 179 Å². The Kier molecular flexibility index (Phi) is 54.1. The number of thiazole rings is 2. The van der Waals surface area contributed by atoms with Crippen LogP contribution in [0.2, 0.25) is 0 Å². The van der Waals surface area contributed by atoms with Crippen LogP contribution in [0.25, 0.3) is 0 Å². The molecule has 0 amide bonds. The first kappa shape index (κ1) is 92.4. The van der Waals surface area contributed by atoms with Crippen LogP contribution in [-0.2, 0) is 4.74 Å². The molecule has 4 aliphatic heterocycles. The zero-order chi connectivity index (χ0) is 74.3. The Balaban J connectivity index is 0.00000105. The van der Waals surface area contributed by atoms with E-state index in [2.05, 4.69) is 265 Å². The Morgan fingerprint density at radius 3 is 1.39 bits per heavy atom. The second-order valence-corrected chi connectivity index (χ2v) is 29.7. The number of likely N-dealkylation sites (tertiary alicyclic amines) is 1. The molecule has 8 aromatic rings. The van der Waals surface area contributed by atoms with Crippen molar-refractivity contribution >= 4 is 45.7 Å². The van der Waals surface area contributed by atoms with E-state index in [9.17, 15) is 0 Å². The average Bonchev–Trinajstić information content (AvgIpc) is 2.78. The number of aromatic amines is 1. The molecular formula is C72H130N22O2S3. The normalized spacial score (nSPS) is 13.7. The van der Waals surface area contributed by atoms with Gasteiger partial charge in [-0.15, -0.1) is 49.3 Å². The van der Waals surface area contributed by atoms with Gasteiger partial charge in [0, 0.05) is 140 Å². The van der Waals surface area contributed by atoms with Gasteiger partial charge in [0.15, 0.2) is 11.7 Å². The van der Waals surface area contributed by atoms with Crippen molar-refractivity contribution in [2.45, 2.75) is 240 Å². The molecule has 27 heteroatoms. The molecule has 0 bridgehead atoms. The number of nitrogens with one attached hydrogen (secondary N) is 3. The van der Waals surface area contributed by atoms with E-state index in [1.54, 1.807) is 92.5 Å². The van der Waals surface area contributed by atoms with Crippen LogP contribution < -0.4 is 10.6 Å². The molecule has 3 N–H and O–H groups in total. The molecule has 0 aromatic carbocycles. The molecule has 12 rings (SSSR count). The summed E-state index contributed by atoms with van der Waals surface area (Å²) in [6.45, 7) is 64.5. The molecule has 12 heterocycles. The highest BCUT2D eigenvalue weighted by molar-refractivity contribution is 7.10. The highest BCUT2D eigenvalue weighted by Crippen LogP contribution is 2.18. The number of aliphatic imine (C=N–C) groups is 2. The van der Waals surface area contributed by atoms with Gasteiger partial charge in [-0.3, -0.25) is 29.2 Å². The third-order valence-corrected chi connectivity index (χ3v) is 16.5. The Morgan fingerprint density at radius 2 is 1.15 bits per heavy atom. The molecule has 0 radical (unpaired) electrons. The predicted molar refractivity (Wildman–Crippen MR) is 415 cm³/mol. The number of nitrogens with zero attached hydrogens (tertiary/aromatic N) is 19. The highest BCUT2D eigenvalue weighted by Gasteiger charge is 2.14. The molecule has 2 saturated heterocycles. The Hall–Kier alpha value is -6.65. The van der Waals surface area contributed by atoms with Gasteiger partial charge < -0.3 is 29.8 Å². The summed E-state index contributed by atoms with van der Waals surface area (Å²) < 4.78 is 13.3. The Bertz CT molecular complexity index is 2510. The van der Waals surface area contributed by atoms with Crippen LogP contribution in [0.3, 0.4) is 0 Å². The third kappa shape index (κ3) is 49.5. The van der Waals surface area contributed by atoms with Crippen LogP contribution in [0.1, 0.15) is 254 Å². The molecule has 0 atom stereocenters. The van der Waals surface area contributed by atoms with Gasteiger partial charge in [0.2, 0.25) is 6.39 Å². The SMILES string of the molecule is CC(C)C.CC(C)C1=NCCN1.CC(C)C1=NCCO1.CC(C)N1CCCC1.CC(C)N1CCNCC1.CC(C)c1cnc[nH]1.CC(C)c1cncs1.CC(C)c1nccs1.CC(C)c1ncon1.CC(C)c1nncs1.CC(C)n1ccnn1.CC(C)n1cncn1.c1cncnc1. The van der Waals surface area contributed by atoms with Crippen molar-refractivity contribution in [3.8, 4) is 0 Å². The number of hydrogen-bond donors (Lipinski definition) is 3. The minimum absolute atomic E-state index is 0.369. The molecule has 558 valence electrons. The van der Waals surface area contributed by atoms with Gasteiger partial charge in [-0.25, -0.2) is 24.9 Å². The van der Waals surface area contributed by atoms with E-state index in [1.165, 1.54) is 73.2 Å². The molecule has 0 aliphatic carbocycles. The number of hydrogen-bond acceptors (Lipinski definition) is 24. The van der Waals surface area contributed by atoms with E-state index in [0.717, 1.165) is 74.1 Å². The van der Waals surface area contributed by atoms with E-state index in [1.807, 2.05) is 49.5 Å². The van der Waals surface area contributed by atoms with Crippen molar-refractivity contribution in [3.63, 3.8) is 0 Å². The molecular weight excluding hydrogens is 1300 g/mol. The number of amidine groups is 1. The molecule has 0 unspecified atom stereocenters.